The van der Waals surface area contributed by atoms with Crippen molar-refractivity contribution < 1.29 is 9.13 Å². The Kier molecular flexibility index (Phi) is 3.76. The third-order valence-corrected chi connectivity index (χ3v) is 4.17. The maximum absolute atomic E-state index is 13.8. The van der Waals surface area contributed by atoms with Gasteiger partial charge in [0.15, 0.2) is 0 Å². The smallest absolute Gasteiger partial charge is 0.130 e. The molecule has 0 spiro atoms. The van der Waals surface area contributed by atoms with Gasteiger partial charge in [-0.15, -0.1) is 0 Å². The van der Waals surface area contributed by atoms with Gasteiger partial charge in [-0.05, 0) is 42.2 Å². The molecule has 2 N–H and O–H groups in total. The third kappa shape index (κ3) is 2.58. The van der Waals surface area contributed by atoms with Crippen molar-refractivity contribution in [2.45, 2.75) is 25.5 Å². The Morgan fingerprint density at radius 1 is 1.30 bits per heavy atom. The van der Waals surface area contributed by atoms with Crippen LogP contribution in [0.1, 0.15) is 29.2 Å². The van der Waals surface area contributed by atoms with Crippen LogP contribution in [-0.2, 0) is 13.0 Å². The van der Waals surface area contributed by atoms with Crippen molar-refractivity contribution in [1.29, 1.82) is 0 Å². The predicted molar refractivity (Wildman–Crippen MR) is 80.1 cm³/mol. The molecule has 1 aliphatic carbocycles. The first-order valence-corrected chi connectivity index (χ1v) is 7.38. The third-order valence-electron chi connectivity index (χ3n) is 3.67. The zero-order valence-electron chi connectivity index (χ0n) is 10.9. The van der Waals surface area contributed by atoms with E-state index < -0.39 is 0 Å². The molecule has 1 aliphatic rings. The second-order valence-corrected chi connectivity index (χ2v) is 5.91. The fraction of sp³-hybridized carbons (Fsp3) is 0.250. The fourth-order valence-electron chi connectivity index (χ4n) is 2.58. The molecule has 4 heteroatoms. The van der Waals surface area contributed by atoms with Crippen molar-refractivity contribution in [2.24, 2.45) is 5.73 Å². The molecule has 0 saturated heterocycles. The summed E-state index contributed by atoms with van der Waals surface area (Å²) in [7, 11) is 0. The van der Waals surface area contributed by atoms with E-state index in [0.717, 1.165) is 34.2 Å². The van der Waals surface area contributed by atoms with Crippen molar-refractivity contribution in [2.75, 3.05) is 0 Å². The summed E-state index contributed by atoms with van der Waals surface area (Å²) in [6.07, 6.45) is 1.87. The number of fused-ring (bicyclic) bond motifs is 1. The minimum absolute atomic E-state index is 0.0953. The summed E-state index contributed by atoms with van der Waals surface area (Å²) in [5.41, 5.74) is 8.91. The normalized spacial score (nSPS) is 17.1. The van der Waals surface area contributed by atoms with Crippen LogP contribution in [0.5, 0.6) is 5.75 Å². The van der Waals surface area contributed by atoms with Crippen LogP contribution in [0.4, 0.5) is 4.39 Å². The second-order valence-electron chi connectivity index (χ2n) is 4.99. The molecule has 1 unspecified atom stereocenters. The molecule has 0 fully saturated rings. The van der Waals surface area contributed by atoms with E-state index in [-0.39, 0.29) is 18.5 Å². The SMILES string of the molecule is NC1CCc2c(OCc3ccc(Br)cc3F)cccc21. The quantitative estimate of drug-likeness (QED) is 0.915. The lowest BCUT2D eigenvalue weighted by Crippen LogP contribution is -2.05. The largest absolute Gasteiger partial charge is 0.489 e. The van der Waals surface area contributed by atoms with Crippen LogP contribution >= 0.6 is 15.9 Å². The number of benzene rings is 2. The van der Waals surface area contributed by atoms with E-state index in [1.807, 2.05) is 24.3 Å². The van der Waals surface area contributed by atoms with Gasteiger partial charge in [0.2, 0.25) is 0 Å². The lowest BCUT2D eigenvalue weighted by atomic mass is 10.1. The summed E-state index contributed by atoms with van der Waals surface area (Å²) >= 11 is 3.24. The molecule has 20 heavy (non-hydrogen) atoms. The van der Waals surface area contributed by atoms with Crippen molar-refractivity contribution in [1.82, 2.24) is 0 Å². The molecule has 3 rings (SSSR count). The summed E-state index contributed by atoms with van der Waals surface area (Å²) in [6, 6.07) is 11.0. The van der Waals surface area contributed by atoms with Crippen molar-refractivity contribution in [3.05, 3.63) is 63.4 Å². The predicted octanol–water partition coefficient (Wildman–Crippen LogP) is 4.11. The highest BCUT2D eigenvalue weighted by Gasteiger charge is 2.22. The summed E-state index contributed by atoms with van der Waals surface area (Å²) < 4.78 is 20.3. The summed E-state index contributed by atoms with van der Waals surface area (Å²) in [6.45, 7) is 0.227. The minimum Gasteiger partial charge on any atom is -0.489 e. The van der Waals surface area contributed by atoms with E-state index in [4.69, 9.17) is 10.5 Å². The number of rotatable bonds is 3. The van der Waals surface area contributed by atoms with Crippen LogP contribution in [-0.4, -0.2) is 0 Å². The van der Waals surface area contributed by atoms with Gasteiger partial charge in [-0.2, -0.15) is 0 Å². The van der Waals surface area contributed by atoms with Gasteiger partial charge in [-0.3, -0.25) is 0 Å². The van der Waals surface area contributed by atoms with Gasteiger partial charge in [0.25, 0.3) is 0 Å². The molecular formula is C16H15BrFNO. The monoisotopic (exact) mass is 335 g/mol. The highest BCUT2D eigenvalue weighted by molar-refractivity contribution is 9.10. The maximum Gasteiger partial charge on any atom is 0.130 e. The van der Waals surface area contributed by atoms with E-state index in [1.54, 1.807) is 6.07 Å². The molecule has 2 nitrogen and oxygen atoms in total. The number of halogens is 2. The van der Waals surface area contributed by atoms with Gasteiger partial charge in [-0.1, -0.05) is 34.1 Å². The standard InChI is InChI=1S/C16H15BrFNO/c17-11-5-4-10(14(18)8-11)9-20-16-3-1-2-12-13(16)6-7-15(12)19/h1-5,8,15H,6-7,9,19H2. The Hall–Kier alpha value is -1.39. The van der Waals surface area contributed by atoms with Crippen LogP contribution in [0.3, 0.4) is 0 Å². The minimum atomic E-state index is -0.261. The highest BCUT2D eigenvalue weighted by Crippen LogP contribution is 2.35. The van der Waals surface area contributed by atoms with E-state index in [1.165, 1.54) is 6.07 Å². The maximum atomic E-state index is 13.8. The van der Waals surface area contributed by atoms with E-state index in [9.17, 15) is 4.39 Å². The molecular weight excluding hydrogens is 321 g/mol. The highest BCUT2D eigenvalue weighted by atomic mass is 79.9. The number of nitrogens with two attached hydrogens (primary N) is 1. The van der Waals surface area contributed by atoms with Crippen LogP contribution < -0.4 is 10.5 Å². The molecule has 0 aliphatic heterocycles. The number of ether oxygens (including phenoxy) is 1. The Labute approximate surface area is 125 Å². The second kappa shape index (κ2) is 5.54. The van der Waals surface area contributed by atoms with Gasteiger partial charge >= 0.3 is 0 Å². The lowest BCUT2D eigenvalue weighted by Gasteiger charge is -2.12. The van der Waals surface area contributed by atoms with E-state index in [0.29, 0.717) is 5.56 Å². The first kappa shape index (κ1) is 13.6. The molecule has 1 atom stereocenters. The average Bonchev–Trinajstić information content (AvgIpc) is 2.80. The molecule has 0 amide bonds. The molecule has 0 radical (unpaired) electrons. The summed E-state index contributed by atoms with van der Waals surface area (Å²) in [5, 5.41) is 0. The van der Waals surface area contributed by atoms with Crippen molar-refractivity contribution in [3.8, 4) is 5.75 Å². The first-order chi connectivity index (χ1) is 9.65. The van der Waals surface area contributed by atoms with Crippen molar-refractivity contribution >= 4 is 15.9 Å². The number of hydrogen-bond acceptors (Lipinski definition) is 2. The Bertz CT molecular complexity index is 644. The first-order valence-electron chi connectivity index (χ1n) is 6.59. The van der Waals surface area contributed by atoms with Crippen LogP contribution in [0.15, 0.2) is 40.9 Å². The molecule has 104 valence electrons. The van der Waals surface area contributed by atoms with Crippen LogP contribution in [0.25, 0.3) is 0 Å². The molecule has 0 saturated carbocycles. The van der Waals surface area contributed by atoms with Gasteiger partial charge in [0, 0.05) is 16.1 Å². The molecule has 2 aromatic carbocycles. The lowest BCUT2D eigenvalue weighted by molar-refractivity contribution is 0.297. The summed E-state index contributed by atoms with van der Waals surface area (Å²) in [4.78, 5) is 0. The molecule has 0 bridgehead atoms. The van der Waals surface area contributed by atoms with Crippen LogP contribution in [0, 0.1) is 5.82 Å². The Morgan fingerprint density at radius 3 is 2.95 bits per heavy atom. The van der Waals surface area contributed by atoms with Gasteiger partial charge in [0.05, 0.1) is 0 Å². The fourth-order valence-corrected chi connectivity index (χ4v) is 2.92. The molecule has 2 aromatic rings. The van der Waals surface area contributed by atoms with E-state index >= 15 is 0 Å². The number of hydrogen-bond donors (Lipinski definition) is 1. The van der Waals surface area contributed by atoms with Gasteiger partial charge < -0.3 is 10.5 Å². The summed E-state index contributed by atoms with van der Waals surface area (Å²) in [5.74, 6) is 0.557. The van der Waals surface area contributed by atoms with Crippen molar-refractivity contribution in [3.63, 3.8) is 0 Å². The zero-order valence-corrected chi connectivity index (χ0v) is 12.5. The zero-order chi connectivity index (χ0) is 14.1. The topological polar surface area (TPSA) is 35.2 Å². The van der Waals surface area contributed by atoms with Gasteiger partial charge in [-0.25, -0.2) is 4.39 Å². The Balaban J connectivity index is 1.79. The van der Waals surface area contributed by atoms with Crippen LogP contribution in [0.2, 0.25) is 0 Å². The Morgan fingerprint density at radius 2 is 2.15 bits per heavy atom. The average molecular weight is 336 g/mol. The molecule has 0 aromatic heterocycles. The molecule has 0 heterocycles. The van der Waals surface area contributed by atoms with Gasteiger partial charge in [0.1, 0.15) is 18.2 Å². The van der Waals surface area contributed by atoms with E-state index in [2.05, 4.69) is 15.9 Å².